The number of unbranched alkanes of at least 4 members (excludes halogenated alkanes) is 5. The van der Waals surface area contributed by atoms with Gasteiger partial charge in [0.05, 0.1) is 6.61 Å². The second-order valence-corrected chi connectivity index (χ2v) is 15.8. The topological polar surface area (TPSA) is 288 Å². The van der Waals surface area contributed by atoms with Gasteiger partial charge in [0.25, 0.3) is 0 Å². The Morgan fingerprint density at radius 2 is 1.01 bits per heavy atom. The molecule has 2 N–H and O–H groups in total. The van der Waals surface area contributed by atoms with Gasteiger partial charge in [0.15, 0.2) is 43.1 Å². The summed E-state index contributed by atoms with van der Waals surface area (Å²) in [6.45, 7) is 7.49. The molecule has 68 heavy (non-hydrogen) atoms. The molecule has 0 radical (unpaired) electrons. The van der Waals surface area contributed by atoms with E-state index in [9.17, 15) is 43.2 Å². The molecular formula is C45H64N2O21. The van der Waals surface area contributed by atoms with Crippen molar-refractivity contribution in [1.29, 1.82) is 0 Å². The highest BCUT2D eigenvalue weighted by Crippen LogP contribution is 2.35. The molecule has 0 bridgehead atoms. The van der Waals surface area contributed by atoms with E-state index < -0.39 is 141 Å². The van der Waals surface area contributed by atoms with E-state index in [0.717, 1.165) is 80.6 Å². The lowest BCUT2D eigenvalue weighted by Crippen LogP contribution is -2.67. The van der Waals surface area contributed by atoms with Gasteiger partial charge in [-0.05, 0) is 12.0 Å². The summed E-state index contributed by atoms with van der Waals surface area (Å²) in [6.07, 6.45) is -12.4. The average molecular weight is 969 g/mol. The number of rotatable bonds is 25. The fourth-order valence-corrected chi connectivity index (χ4v) is 7.13. The molecule has 3 rings (SSSR count). The zero-order valence-electron chi connectivity index (χ0n) is 39.6. The molecule has 2 fully saturated rings. The molecule has 0 aromatic heterocycles. The molecule has 2 aliphatic rings. The molecule has 2 amide bonds. The highest BCUT2D eigenvalue weighted by atomic mass is 16.8. The van der Waals surface area contributed by atoms with Gasteiger partial charge in [-0.3, -0.25) is 38.4 Å². The Labute approximate surface area is 394 Å². The number of carbonyl (C=O) groups is 9. The van der Waals surface area contributed by atoms with Gasteiger partial charge in [-0.2, -0.15) is 0 Å². The van der Waals surface area contributed by atoms with Crippen LogP contribution >= 0.6 is 0 Å². The quantitative estimate of drug-likeness (QED) is 0.0808. The van der Waals surface area contributed by atoms with Crippen LogP contribution in [0.25, 0.3) is 0 Å². The number of esters is 7. The Balaban J connectivity index is 2.06. The molecule has 8 unspecified atom stereocenters. The van der Waals surface area contributed by atoms with Gasteiger partial charge in [-0.25, -0.2) is 4.79 Å². The van der Waals surface area contributed by atoms with Crippen LogP contribution in [0.3, 0.4) is 0 Å². The first-order valence-electron chi connectivity index (χ1n) is 22.2. The zero-order valence-corrected chi connectivity index (χ0v) is 39.6. The van der Waals surface area contributed by atoms with Crippen LogP contribution in [0.4, 0.5) is 4.79 Å². The number of hydrogen-bond donors (Lipinski definition) is 2. The van der Waals surface area contributed by atoms with Crippen molar-refractivity contribution in [3.8, 4) is 0 Å². The highest BCUT2D eigenvalue weighted by Gasteiger charge is 2.58. The lowest BCUT2D eigenvalue weighted by Gasteiger charge is -2.48. The lowest BCUT2D eigenvalue weighted by atomic mass is 9.96. The minimum atomic E-state index is -1.90. The van der Waals surface area contributed by atoms with Crippen LogP contribution in [-0.2, 0) is 102 Å². The molecule has 0 aliphatic carbocycles. The molecular weight excluding hydrogens is 904 g/mol. The largest absolute Gasteiger partial charge is 0.463 e. The predicted molar refractivity (Wildman–Crippen MR) is 229 cm³/mol. The summed E-state index contributed by atoms with van der Waals surface area (Å²) in [5, 5.41) is 5.27. The molecule has 1 aromatic carbocycles. The van der Waals surface area contributed by atoms with Gasteiger partial charge >= 0.3 is 47.9 Å². The SMILES string of the molecule is CCCCCCCCNC(=O)C(COC1OC(COC(C)=O)[C@@H](O[C@@H]2OC(COC(C)=O)[C@H](OC(C)=O)C(OC(C)=O)C2OC(C)=O)C(OC(C)=O)C1OC(C)=O)NC(=O)OCc1ccccc1. The molecule has 2 saturated heterocycles. The molecule has 11 atom stereocenters. The van der Waals surface area contributed by atoms with E-state index in [0.29, 0.717) is 12.0 Å². The van der Waals surface area contributed by atoms with E-state index in [2.05, 4.69) is 17.6 Å². The first-order chi connectivity index (χ1) is 32.3. The van der Waals surface area contributed by atoms with Crippen molar-refractivity contribution >= 4 is 53.8 Å². The van der Waals surface area contributed by atoms with Crippen molar-refractivity contribution < 1.29 is 100.0 Å². The highest BCUT2D eigenvalue weighted by molar-refractivity contribution is 5.85. The smallest absolute Gasteiger partial charge is 0.408 e. The van der Waals surface area contributed by atoms with Gasteiger partial charge < -0.3 is 67.5 Å². The summed E-state index contributed by atoms with van der Waals surface area (Å²) in [6, 6.07) is 7.30. The summed E-state index contributed by atoms with van der Waals surface area (Å²) >= 11 is 0. The van der Waals surface area contributed by atoms with Gasteiger partial charge in [0, 0.05) is 55.0 Å². The van der Waals surface area contributed by atoms with E-state index >= 15 is 0 Å². The minimum Gasteiger partial charge on any atom is -0.463 e. The van der Waals surface area contributed by atoms with Crippen molar-refractivity contribution in [2.45, 2.75) is 168 Å². The van der Waals surface area contributed by atoms with Gasteiger partial charge in [-0.15, -0.1) is 0 Å². The number of hydrogen-bond acceptors (Lipinski definition) is 21. The number of amides is 2. The Bertz CT molecular complexity index is 1850. The van der Waals surface area contributed by atoms with Crippen molar-refractivity contribution in [3.63, 3.8) is 0 Å². The Morgan fingerprint density at radius 1 is 0.544 bits per heavy atom. The van der Waals surface area contributed by atoms with Gasteiger partial charge in [-0.1, -0.05) is 69.4 Å². The maximum absolute atomic E-state index is 13.7. The van der Waals surface area contributed by atoms with E-state index in [1.165, 1.54) is 0 Å². The van der Waals surface area contributed by atoms with Crippen LogP contribution in [0.2, 0.25) is 0 Å². The Morgan fingerprint density at radius 3 is 1.56 bits per heavy atom. The molecule has 2 heterocycles. The van der Waals surface area contributed by atoms with Crippen molar-refractivity contribution in [3.05, 3.63) is 35.9 Å². The number of carbonyl (C=O) groups excluding carboxylic acids is 9. The first kappa shape index (κ1) is 56.4. The minimum absolute atomic E-state index is 0.136. The Kier molecular flexibility index (Phi) is 24.1. The predicted octanol–water partition coefficient (Wildman–Crippen LogP) is 2.39. The summed E-state index contributed by atoms with van der Waals surface area (Å²) in [5.74, 6) is -7.00. The number of benzene rings is 1. The molecule has 23 heteroatoms. The normalized spacial score (nSPS) is 24.7. The molecule has 23 nitrogen and oxygen atoms in total. The van der Waals surface area contributed by atoms with Crippen LogP contribution in [0.15, 0.2) is 30.3 Å². The fourth-order valence-electron chi connectivity index (χ4n) is 7.13. The van der Waals surface area contributed by atoms with Crippen molar-refractivity contribution in [2.75, 3.05) is 26.4 Å². The number of alkyl carbamates (subject to hydrolysis) is 1. The standard InChI is InChI=1S/C45H64N2O21/c1-9-10-11-12-13-17-20-46-42(55)33(47-45(56)60-21-32-18-15-14-16-19-32)22-59-43-40(64-30(7)53)39(63-29(6)52)37(35(66-43)24-58-26(3)49)68-44-41(65-31(8)54)38(62-28(5)51)36(61-27(4)50)34(67-44)23-57-25(2)48/h14-16,18-19,33-41,43-44H,9-13,17,20-24H2,1-8H3,(H,46,55)(H,47,56)/t33?,34?,35?,36-,37+,38?,39?,40?,41?,43?,44-/m0/s1. The van der Waals surface area contributed by atoms with E-state index in [4.69, 9.17) is 56.8 Å². The lowest BCUT2D eigenvalue weighted by molar-refractivity contribution is -0.361. The second-order valence-electron chi connectivity index (χ2n) is 15.8. The van der Waals surface area contributed by atoms with Crippen LogP contribution in [0, 0.1) is 0 Å². The van der Waals surface area contributed by atoms with Crippen LogP contribution < -0.4 is 10.6 Å². The second kappa shape index (κ2) is 29.1. The number of nitrogens with one attached hydrogen (secondary N) is 2. The fraction of sp³-hybridized carbons (Fsp3) is 0.667. The third-order valence-electron chi connectivity index (χ3n) is 9.96. The summed E-state index contributed by atoms with van der Waals surface area (Å²) in [5.41, 5.74) is 0.666. The van der Waals surface area contributed by atoms with Crippen molar-refractivity contribution in [1.82, 2.24) is 10.6 Å². The summed E-state index contributed by atoms with van der Waals surface area (Å²) in [7, 11) is 0. The molecule has 380 valence electrons. The monoisotopic (exact) mass is 968 g/mol. The zero-order chi connectivity index (χ0) is 50.3. The molecule has 2 aliphatic heterocycles. The molecule has 1 aromatic rings. The van der Waals surface area contributed by atoms with Crippen LogP contribution in [0.1, 0.15) is 99.5 Å². The number of ether oxygens (including phenoxy) is 12. The molecule has 0 saturated carbocycles. The van der Waals surface area contributed by atoms with E-state index in [-0.39, 0.29) is 13.2 Å². The maximum Gasteiger partial charge on any atom is 0.408 e. The Hall–Kier alpha value is -5.91. The summed E-state index contributed by atoms with van der Waals surface area (Å²) in [4.78, 5) is 114. The summed E-state index contributed by atoms with van der Waals surface area (Å²) < 4.78 is 68.5. The van der Waals surface area contributed by atoms with E-state index in [1.54, 1.807) is 30.3 Å². The third-order valence-corrected chi connectivity index (χ3v) is 9.96. The van der Waals surface area contributed by atoms with Crippen LogP contribution in [-0.4, -0.2) is 148 Å². The first-order valence-corrected chi connectivity index (χ1v) is 22.2. The third kappa shape index (κ3) is 19.7. The van der Waals surface area contributed by atoms with Crippen molar-refractivity contribution in [2.24, 2.45) is 0 Å². The maximum atomic E-state index is 13.7. The van der Waals surface area contributed by atoms with Gasteiger partial charge in [0.1, 0.15) is 44.2 Å². The van der Waals surface area contributed by atoms with Gasteiger partial charge in [0.2, 0.25) is 5.91 Å². The molecule has 0 spiro atoms. The van der Waals surface area contributed by atoms with Crippen LogP contribution in [0.5, 0.6) is 0 Å². The van der Waals surface area contributed by atoms with E-state index in [1.807, 2.05) is 0 Å². The average Bonchev–Trinajstić information content (AvgIpc) is 3.25.